The molecule has 2 rings (SSSR count). The average Bonchev–Trinajstić information content (AvgIpc) is 2.62. The molecule has 0 heterocycles. The molecule has 6 heteroatoms. The Morgan fingerprint density at radius 1 is 1.11 bits per heavy atom. The van der Waals surface area contributed by atoms with Crippen LogP contribution in [-0.2, 0) is 0 Å². The number of quaternary nitrogens is 1. The maximum atomic E-state index is 13.3. The molecule has 2 aromatic carbocycles. The normalized spacial score (nSPS) is 11.2. The molecule has 0 N–H and O–H groups in total. The van der Waals surface area contributed by atoms with E-state index in [2.05, 4.69) is 21.1 Å². The summed E-state index contributed by atoms with van der Waals surface area (Å²) in [6.45, 7) is 5.59. The molecule has 0 spiro atoms. The van der Waals surface area contributed by atoms with Crippen LogP contribution in [0.25, 0.3) is 0 Å². The van der Waals surface area contributed by atoms with Crippen molar-refractivity contribution in [2.45, 2.75) is 13.8 Å². The van der Waals surface area contributed by atoms with Crippen molar-refractivity contribution in [3.8, 4) is 11.5 Å². The van der Waals surface area contributed by atoms with E-state index in [0.29, 0.717) is 35.3 Å². The molecule has 28 heavy (non-hydrogen) atoms. The van der Waals surface area contributed by atoms with Crippen molar-refractivity contribution in [2.75, 3.05) is 52.8 Å². The van der Waals surface area contributed by atoms with Gasteiger partial charge in [-0.1, -0.05) is 17.7 Å². The Bertz CT molecular complexity index is 831. The van der Waals surface area contributed by atoms with Crippen LogP contribution in [0.5, 0.6) is 11.5 Å². The van der Waals surface area contributed by atoms with E-state index in [1.165, 1.54) is 0 Å². The minimum atomic E-state index is -0.189. The zero-order chi connectivity index (χ0) is 20.9. The van der Waals surface area contributed by atoms with Gasteiger partial charge >= 0.3 is 0 Å². The molecule has 0 aliphatic heterocycles. The third-order valence-electron chi connectivity index (χ3n) is 4.35. The first-order valence-corrected chi connectivity index (χ1v) is 9.75. The highest BCUT2D eigenvalue weighted by Gasteiger charge is 2.24. The Hall–Kier alpha value is -2.24. The van der Waals surface area contributed by atoms with Crippen molar-refractivity contribution >= 4 is 23.2 Å². The summed E-state index contributed by atoms with van der Waals surface area (Å²) in [5, 5.41) is 0.670. The van der Waals surface area contributed by atoms with Gasteiger partial charge in [-0.15, -0.1) is 0 Å². The van der Waals surface area contributed by atoms with E-state index in [1.54, 1.807) is 24.1 Å². The number of rotatable bonds is 8. The lowest BCUT2D eigenvalue weighted by Gasteiger charge is -2.25. The fourth-order valence-electron chi connectivity index (χ4n) is 2.67. The molecule has 0 bridgehead atoms. The van der Waals surface area contributed by atoms with Crippen molar-refractivity contribution in [3.05, 3.63) is 52.5 Å². The van der Waals surface area contributed by atoms with Gasteiger partial charge in [0.1, 0.15) is 30.2 Å². The highest BCUT2D eigenvalue weighted by molar-refractivity contribution is 6.31. The van der Waals surface area contributed by atoms with Gasteiger partial charge in [0.05, 0.1) is 27.7 Å². The molecule has 0 atom stereocenters. The van der Waals surface area contributed by atoms with Gasteiger partial charge in [0, 0.05) is 17.8 Å². The molecule has 0 saturated heterocycles. The molecule has 0 saturated carbocycles. The van der Waals surface area contributed by atoms with Gasteiger partial charge in [-0.05, 0) is 49.7 Å². The second-order valence-electron chi connectivity index (χ2n) is 7.72. The van der Waals surface area contributed by atoms with Crippen LogP contribution >= 0.6 is 11.6 Å². The molecule has 0 unspecified atom stereocenters. The van der Waals surface area contributed by atoms with Gasteiger partial charge in [-0.25, -0.2) is 0 Å². The molecule has 0 aromatic heterocycles. The second kappa shape index (κ2) is 9.30. The van der Waals surface area contributed by atoms with Crippen molar-refractivity contribution in [3.63, 3.8) is 0 Å². The van der Waals surface area contributed by atoms with Crippen LogP contribution in [0, 0.1) is 6.92 Å². The van der Waals surface area contributed by atoms with Gasteiger partial charge in [0.25, 0.3) is 5.91 Å². The number of aryl methyl sites for hydroxylation is 1. The van der Waals surface area contributed by atoms with E-state index in [-0.39, 0.29) is 5.91 Å². The van der Waals surface area contributed by atoms with Crippen LogP contribution < -0.4 is 14.4 Å². The first-order valence-electron chi connectivity index (χ1n) is 9.37. The third kappa shape index (κ3) is 5.63. The van der Waals surface area contributed by atoms with Crippen molar-refractivity contribution in [1.82, 2.24) is 0 Å². The molecule has 0 aliphatic rings. The molecule has 0 fully saturated rings. The third-order valence-corrected chi connectivity index (χ3v) is 4.78. The van der Waals surface area contributed by atoms with E-state index < -0.39 is 0 Å². The second-order valence-corrected chi connectivity index (χ2v) is 8.13. The molecule has 0 radical (unpaired) electrons. The number of hydrogen-bond acceptors (Lipinski definition) is 3. The monoisotopic (exact) mass is 405 g/mol. The minimum absolute atomic E-state index is 0.189. The number of benzene rings is 2. The highest BCUT2D eigenvalue weighted by atomic mass is 35.5. The average molecular weight is 406 g/mol. The Morgan fingerprint density at radius 3 is 2.32 bits per heavy atom. The van der Waals surface area contributed by atoms with Gasteiger partial charge in [-0.2, -0.15) is 0 Å². The predicted octanol–water partition coefficient (Wildman–Crippen LogP) is 4.41. The highest BCUT2D eigenvalue weighted by Crippen LogP contribution is 2.32. The van der Waals surface area contributed by atoms with Crippen molar-refractivity contribution < 1.29 is 18.8 Å². The molecule has 1 amide bonds. The molecule has 152 valence electrons. The first kappa shape index (κ1) is 22.1. The minimum Gasteiger partial charge on any atom is -0.493 e. The Balaban J connectivity index is 2.36. The summed E-state index contributed by atoms with van der Waals surface area (Å²) in [7, 11) is 8.04. The van der Waals surface area contributed by atoms with E-state index >= 15 is 0 Å². The number of nitrogens with zero attached hydrogens (tertiary/aromatic N) is 2. The lowest BCUT2D eigenvalue weighted by Crippen LogP contribution is -2.38. The Labute approximate surface area is 173 Å². The standard InChI is InChI=1S/C22H30ClN2O3/c1-7-27-19-9-8-10-20(28-14-13-25(4,5)6)21(19)22(26)24(3)17-11-12-18(23)16(2)15-17/h8-12,15H,7,13-14H2,1-6H3/q+1. The summed E-state index contributed by atoms with van der Waals surface area (Å²) in [6.07, 6.45) is 0. The van der Waals surface area contributed by atoms with E-state index in [1.807, 2.05) is 38.1 Å². The summed E-state index contributed by atoms with van der Waals surface area (Å²) in [6, 6.07) is 11.0. The summed E-state index contributed by atoms with van der Waals surface area (Å²) in [5.41, 5.74) is 2.10. The number of likely N-dealkylation sites (N-methyl/N-ethyl adjacent to an activating group) is 1. The first-order chi connectivity index (χ1) is 13.1. The zero-order valence-corrected chi connectivity index (χ0v) is 18.3. The molecular formula is C22H30ClN2O3+. The zero-order valence-electron chi connectivity index (χ0n) is 17.6. The molecule has 2 aromatic rings. The maximum Gasteiger partial charge on any atom is 0.265 e. The lowest BCUT2D eigenvalue weighted by atomic mass is 10.1. The van der Waals surface area contributed by atoms with Crippen LogP contribution in [0.4, 0.5) is 5.69 Å². The summed E-state index contributed by atoms with van der Waals surface area (Å²) in [4.78, 5) is 14.9. The SMILES string of the molecule is CCOc1cccc(OCC[N+](C)(C)C)c1C(=O)N(C)c1ccc(Cl)c(C)c1. The molecular weight excluding hydrogens is 376 g/mol. The number of carbonyl (C=O) groups excluding carboxylic acids is 1. The largest absolute Gasteiger partial charge is 0.493 e. The van der Waals surface area contributed by atoms with Gasteiger partial charge in [0.2, 0.25) is 0 Å². The van der Waals surface area contributed by atoms with Crippen molar-refractivity contribution in [2.24, 2.45) is 0 Å². The topological polar surface area (TPSA) is 38.8 Å². The quantitative estimate of drug-likeness (QED) is 0.610. The number of amides is 1. The number of carbonyl (C=O) groups is 1. The van der Waals surface area contributed by atoms with Crippen LogP contribution in [-0.4, -0.2) is 58.3 Å². The van der Waals surface area contributed by atoms with E-state index in [4.69, 9.17) is 21.1 Å². The summed E-state index contributed by atoms with van der Waals surface area (Å²) < 4.78 is 12.5. The predicted molar refractivity (Wildman–Crippen MR) is 115 cm³/mol. The smallest absolute Gasteiger partial charge is 0.265 e. The molecule has 0 aliphatic carbocycles. The van der Waals surface area contributed by atoms with Crippen LogP contribution in [0.1, 0.15) is 22.8 Å². The van der Waals surface area contributed by atoms with E-state index in [9.17, 15) is 4.79 Å². The number of anilines is 1. The fourth-order valence-corrected chi connectivity index (χ4v) is 2.79. The number of halogens is 1. The van der Waals surface area contributed by atoms with E-state index in [0.717, 1.165) is 22.3 Å². The fraction of sp³-hybridized carbons (Fsp3) is 0.409. The maximum absolute atomic E-state index is 13.3. The van der Waals surface area contributed by atoms with Crippen LogP contribution in [0.3, 0.4) is 0 Å². The number of ether oxygens (including phenoxy) is 2. The van der Waals surface area contributed by atoms with Crippen molar-refractivity contribution in [1.29, 1.82) is 0 Å². The number of hydrogen-bond donors (Lipinski definition) is 0. The van der Waals surface area contributed by atoms with Gasteiger partial charge in [0.15, 0.2) is 0 Å². The summed E-state index contributed by atoms with van der Waals surface area (Å²) >= 11 is 6.12. The molecule has 5 nitrogen and oxygen atoms in total. The van der Waals surface area contributed by atoms with Crippen LogP contribution in [0.15, 0.2) is 36.4 Å². The van der Waals surface area contributed by atoms with Crippen LogP contribution in [0.2, 0.25) is 5.02 Å². The summed E-state index contributed by atoms with van der Waals surface area (Å²) in [5.74, 6) is 0.862. The lowest BCUT2D eigenvalue weighted by molar-refractivity contribution is -0.870. The Morgan fingerprint density at radius 2 is 1.75 bits per heavy atom. The Kier molecular flexibility index (Phi) is 7.33. The van der Waals surface area contributed by atoms with Gasteiger partial charge < -0.3 is 18.9 Å². The van der Waals surface area contributed by atoms with Gasteiger partial charge in [-0.3, -0.25) is 4.79 Å².